The quantitative estimate of drug-likeness (QED) is 0.395. The van der Waals surface area contributed by atoms with E-state index >= 15 is 0 Å². The van der Waals surface area contributed by atoms with Crippen LogP contribution in [0.3, 0.4) is 0 Å². The minimum Gasteiger partial charge on any atom is -0.481 e. The number of rotatable bonds is 9. The highest BCUT2D eigenvalue weighted by Gasteiger charge is 1.94. The van der Waals surface area contributed by atoms with Gasteiger partial charge in [-0.2, -0.15) is 0 Å². The smallest absolute Gasteiger partial charge is 0.303 e. The number of benzene rings is 1. The van der Waals surface area contributed by atoms with E-state index in [2.05, 4.69) is 6.08 Å². The number of carboxylic acid groups (broad SMARTS) is 1. The Kier molecular flexibility index (Phi) is 8.43. The summed E-state index contributed by atoms with van der Waals surface area (Å²) in [6.45, 7) is 0. The van der Waals surface area contributed by atoms with Crippen molar-refractivity contribution >= 4 is 29.3 Å². The van der Waals surface area contributed by atoms with Crippen molar-refractivity contribution in [3.05, 3.63) is 41.4 Å². The number of hydrogen-bond donors (Lipinski definition) is 1. The molecule has 0 aliphatic carbocycles. The van der Waals surface area contributed by atoms with Crippen LogP contribution in [0.4, 0.5) is 0 Å². The van der Waals surface area contributed by atoms with Gasteiger partial charge in [0.05, 0.1) is 0 Å². The topological polar surface area (TPSA) is 37.3 Å². The SMILES string of the molecule is O=C(O)CCC=CCCCCSc1ccc(Cl)cc1. The third kappa shape index (κ3) is 8.73. The van der Waals surface area contributed by atoms with Crippen molar-refractivity contribution in [2.24, 2.45) is 0 Å². The second-order valence-corrected chi connectivity index (χ2v) is 5.81. The van der Waals surface area contributed by atoms with Gasteiger partial charge in [0, 0.05) is 16.3 Å². The lowest BCUT2D eigenvalue weighted by Gasteiger charge is -2.00. The van der Waals surface area contributed by atoms with E-state index in [1.54, 1.807) is 0 Å². The van der Waals surface area contributed by atoms with Gasteiger partial charge in [0.15, 0.2) is 0 Å². The fourth-order valence-electron chi connectivity index (χ4n) is 1.53. The molecule has 1 aromatic carbocycles. The van der Waals surface area contributed by atoms with Crippen LogP contribution in [0.2, 0.25) is 5.02 Å². The Balaban J connectivity index is 1.99. The zero-order valence-corrected chi connectivity index (χ0v) is 12.4. The summed E-state index contributed by atoms with van der Waals surface area (Å²) < 4.78 is 0. The van der Waals surface area contributed by atoms with Crippen LogP contribution in [-0.2, 0) is 4.79 Å². The molecule has 0 fully saturated rings. The lowest BCUT2D eigenvalue weighted by molar-refractivity contribution is -0.136. The molecule has 0 saturated heterocycles. The van der Waals surface area contributed by atoms with Crippen LogP contribution in [0.15, 0.2) is 41.3 Å². The fraction of sp³-hybridized carbons (Fsp3) is 0.400. The number of allylic oxidation sites excluding steroid dienone is 2. The van der Waals surface area contributed by atoms with Gasteiger partial charge in [-0.15, -0.1) is 11.8 Å². The van der Waals surface area contributed by atoms with E-state index in [0.29, 0.717) is 6.42 Å². The van der Waals surface area contributed by atoms with Crippen LogP contribution in [0.5, 0.6) is 0 Å². The van der Waals surface area contributed by atoms with E-state index in [0.717, 1.165) is 30.0 Å². The molecule has 2 nitrogen and oxygen atoms in total. The summed E-state index contributed by atoms with van der Waals surface area (Å²) in [4.78, 5) is 11.5. The lowest BCUT2D eigenvalue weighted by Crippen LogP contribution is -1.91. The molecule has 0 atom stereocenters. The maximum atomic E-state index is 10.3. The summed E-state index contributed by atoms with van der Waals surface area (Å²) in [5.74, 6) is 0.369. The highest BCUT2D eigenvalue weighted by atomic mass is 35.5. The maximum absolute atomic E-state index is 10.3. The molecule has 104 valence electrons. The standard InChI is InChI=1S/C15H19ClO2S/c16-13-8-10-14(11-9-13)19-12-6-4-2-1-3-5-7-15(17)18/h1,3,8-11H,2,4-7,12H2,(H,17,18). The number of carbonyl (C=O) groups is 1. The van der Waals surface area contributed by atoms with Crippen LogP contribution < -0.4 is 0 Å². The van der Waals surface area contributed by atoms with Crippen molar-refractivity contribution in [2.45, 2.75) is 37.0 Å². The van der Waals surface area contributed by atoms with E-state index in [-0.39, 0.29) is 6.42 Å². The number of unbranched alkanes of at least 4 members (excludes halogenated alkanes) is 2. The van der Waals surface area contributed by atoms with Gasteiger partial charge in [0.25, 0.3) is 0 Å². The van der Waals surface area contributed by atoms with Crippen molar-refractivity contribution in [2.75, 3.05) is 5.75 Å². The molecule has 0 bridgehead atoms. The largest absolute Gasteiger partial charge is 0.481 e. The van der Waals surface area contributed by atoms with Crippen LogP contribution in [0.25, 0.3) is 0 Å². The highest BCUT2D eigenvalue weighted by Crippen LogP contribution is 2.21. The Morgan fingerprint density at radius 3 is 2.53 bits per heavy atom. The van der Waals surface area contributed by atoms with Crippen LogP contribution in [0, 0.1) is 0 Å². The molecular formula is C15H19ClO2S. The summed E-state index contributed by atoms with van der Waals surface area (Å²) >= 11 is 7.66. The summed E-state index contributed by atoms with van der Waals surface area (Å²) in [6, 6.07) is 7.90. The third-order valence-corrected chi connectivity index (χ3v) is 3.89. The normalized spacial score (nSPS) is 11.0. The van der Waals surface area contributed by atoms with E-state index < -0.39 is 5.97 Å². The van der Waals surface area contributed by atoms with Crippen LogP contribution in [-0.4, -0.2) is 16.8 Å². The van der Waals surface area contributed by atoms with Gasteiger partial charge in [0.2, 0.25) is 0 Å². The van der Waals surface area contributed by atoms with Gasteiger partial charge in [-0.3, -0.25) is 4.79 Å². The van der Waals surface area contributed by atoms with Crippen molar-refractivity contribution in [3.63, 3.8) is 0 Å². The molecule has 0 saturated carbocycles. The summed E-state index contributed by atoms with van der Waals surface area (Å²) in [6.07, 6.45) is 8.23. The Labute approximate surface area is 123 Å². The Morgan fingerprint density at radius 2 is 1.84 bits per heavy atom. The van der Waals surface area contributed by atoms with Crippen molar-refractivity contribution < 1.29 is 9.90 Å². The first-order chi connectivity index (χ1) is 9.18. The minimum atomic E-state index is -0.732. The van der Waals surface area contributed by atoms with Gasteiger partial charge < -0.3 is 5.11 Å². The maximum Gasteiger partial charge on any atom is 0.303 e. The molecule has 0 aliphatic rings. The molecule has 19 heavy (non-hydrogen) atoms. The summed E-state index contributed by atoms with van der Waals surface area (Å²) in [5.41, 5.74) is 0. The zero-order chi connectivity index (χ0) is 13.9. The number of halogens is 1. The number of thioether (sulfide) groups is 1. The molecule has 0 spiro atoms. The van der Waals surface area contributed by atoms with E-state index in [1.165, 1.54) is 4.90 Å². The second-order valence-electron chi connectivity index (χ2n) is 4.20. The van der Waals surface area contributed by atoms with Crippen molar-refractivity contribution in [1.82, 2.24) is 0 Å². The number of aliphatic carboxylic acids is 1. The van der Waals surface area contributed by atoms with E-state index in [4.69, 9.17) is 16.7 Å². The molecule has 0 unspecified atom stereocenters. The van der Waals surface area contributed by atoms with E-state index in [1.807, 2.05) is 42.1 Å². The van der Waals surface area contributed by atoms with Crippen molar-refractivity contribution in [1.29, 1.82) is 0 Å². The number of hydrogen-bond acceptors (Lipinski definition) is 2. The van der Waals surface area contributed by atoms with Gasteiger partial charge in [0.1, 0.15) is 0 Å². The fourth-order valence-corrected chi connectivity index (χ4v) is 2.57. The minimum absolute atomic E-state index is 0.225. The molecule has 4 heteroatoms. The van der Waals surface area contributed by atoms with Gasteiger partial charge >= 0.3 is 5.97 Å². The Hall–Kier alpha value is -0.930. The molecule has 0 radical (unpaired) electrons. The first kappa shape index (κ1) is 16.1. The first-order valence-electron chi connectivity index (χ1n) is 6.43. The molecule has 0 aromatic heterocycles. The van der Waals surface area contributed by atoms with Gasteiger partial charge in [-0.25, -0.2) is 0 Å². The molecule has 0 heterocycles. The van der Waals surface area contributed by atoms with Gasteiger partial charge in [-0.05, 0) is 55.7 Å². The molecule has 0 aliphatic heterocycles. The Bertz CT molecular complexity index is 401. The molecule has 1 rings (SSSR count). The monoisotopic (exact) mass is 298 g/mol. The Morgan fingerprint density at radius 1 is 1.16 bits per heavy atom. The third-order valence-electron chi connectivity index (χ3n) is 2.54. The molecular weight excluding hydrogens is 280 g/mol. The first-order valence-corrected chi connectivity index (χ1v) is 7.80. The van der Waals surface area contributed by atoms with Gasteiger partial charge in [-0.1, -0.05) is 23.8 Å². The van der Waals surface area contributed by atoms with Crippen LogP contribution >= 0.6 is 23.4 Å². The summed E-state index contributed by atoms with van der Waals surface area (Å²) in [7, 11) is 0. The van der Waals surface area contributed by atoms with Crippen molar-refractivity contribution in [3.8, 4) is 0 Å². The predicted molar refractivity (Wildman–Crippen MR) is 82.0 cm³/mol. The summed E-state index contributed by atoms with van der Waals surface area (Å²) in [5, 5.41) is 9.24. The molecule has 0 amide bonds. The molecule has 1 N–H and O–H groups in total. The average Bonchev–Trinajstić information content (AvgIpc) is 2.38. The van der Waals surface area contributed by atoms with E-state index in [9.17, 15) is 4.79 Å². The number of carboxylic acids is 1. The average molecular weight is 299 g/mol. The second kappa shape index (κ2) is 9.93. The predicted octanol–water partition coefficient (Wildman–Crippen LogP) is 5.02. The highest BCUT2D eigenvalue weighted by molar-refractivity contribution is 7.99. The molecule has 1 aromatic rings. The zero-order valence-electron chi connectivity index (χ0n) is 10.8. The lowest BCUT2D eigenvalue weighted by atomic mass is 10.2. The van der Waals surface area contributed by atoms with Crippen LogP contribution in [0.1, 0.15) is 32.1 Å².